The lowest BCUT2D eigenvalue weighted by Crippen LogP contribution is -2.41. The van der Waals surface area contributed by atoms with Crippen LogP contribution < -0.4 is 5.32 Å². The van der Waals surface area contributed by atoms with Crippen LogP contribution in [-0.2, 0) is 4.79 Å². The summed E-state index contributed by atoms with van der Waals surface area (Å²) in [5.41, 5.74) is 0.143. The minimum Gasteiger partial charge on any atom is -0.368 e. The van der Waals surface area contributed by atoms with Crippen molar-refractivity contribution in [3.8, 4) is 0 Å². The Morgan fingerprint density at radius 3 is 2.55 bits per heavy atom. The van der Waals surface area contributed by atoms with Crippen molar-refractivity contribution in [2.45, 2.75) is 26.8 Å². The molecule has 7 heteroatoms. The van der Waals surface area contributed by atoms with Crippen LogP contribution in [0.5, 0.6) is 0 Å². The Morgan fingerprint density at radius 1 is 1.45 bits per heavy atom. The summed E-state index contributed by atoms with van der Waals surface area (Å²) >= 11 is 5.75. The smallest absolute Gasteiger partial charge is 0.293 e. The molecule has 0 heterocycles. The van der Waals surface area contributed by atoms with Crippen molar-refractivity contribution in [1.82, 2.24) is 4.90 Å². The molecule has 1 amide bonds. The largest absolute Gasteiger partial charge is 0.368 e. The van der Waals surface area contributed by atoms with Crippen LogP contribution in [0, 0.1) is 10.1 Å². The standard InChI is InChI=1S/C13H18ClN3O3/c1-4-16(5-2)13(18)9(3)15-11-7-6-10(14)8-12(11)17(19)20/h6-9,15H,4-5H2,1-3H3. The molecule has 0 aliphatic carbocycles. The number of benzene rings is 1. The number of nitrogens with zero attached hydrogens (tertiary/aromatic N) is 2. The second kappa shape index (κ2) is 7.09. The van der Waals surface area contributed by atoms with Crippen LogP contribution in [-0.4, -0.2) is 34.9 Å². The summed E-state index contributed by atoms with van der Waals surface area (Å²) in [5.74, 6) is -0.0979. The van der Waals surface area contributed by atoms with Crippen molar-refractivity contribution in [2.75, 3.05) is 18.4 Å². The number of halogens is 1. The van der Waals surface area contributed by atoms with Crippen molar-refractivity contribution in [3.05, 3.63) is 33.3 Å². The number of carbonyl (C=O) groups excluding carboxylic acids is 1. The first-order valence-corrected chi connectivity index (χ1v) is 6.77. The van der Waals surface area contributed by atoms with E-state index < -0.39 is 11.0 Å². The zero-order valence-electron chi connectivity index (χ0n) is 11.7. The van der Waals surface area contributed by atoms with Crippen LogP contribution in [0.1, 0.15) is 20.8 Å². The van der Waals surface area contributed by atoms with Gasteiger partial charge < -0.3 is 10.2 Å². The number of nitrogens with one attached hydrogen (secondary N) is 1. The summed E-state index contributed by atoms with van der Waals surface area (Å²) in [6.45, 7) is 6.66. The van der Waals surface area contributed by atoms with E-state index in [1.807, 2.05) is 13.8 Å². The van der Waals surface area contributed by atoms with Gasteiger partial charge >= 0.3 is 0 Å². The van der Waals surface area contributed by atoms with E-state index >= 15 is 0 Å². The topological polar surface area (TPSA) is 75.5 Å². The Morgan fingerprint density at radius 2 is 2.05 bits per heavy atom. The van der Waals surface area contributed by atoms with Gasteiger partial charge in [-0.05, 0) is 32.9 Å². The fourth-order valence-electron chi connectivity index (χ4n) is 1.88. The Balaban J connectivity index is 2.93. The molecule has 6 nitrogen and oxygen atoms in total. The summed E-state index contributed by atoms with van der Waals surface area (Å²) in [4.78, 5) is 24.2. The van der Waals surface area contributed by atoms with Crippen molar-refractivity contribution < 1.29 is 9.72 Å². The van der Waals surface area contributed by atoms with Gasteiger partial charge in [0.2, 0.25) is 5.91 Å². The van der Waals surface area contributed by atoms with E-state index in [1.54, 1.807) is 17.9 Å². The maximum Gasteiger partial charge on any atom is 0.293 e. The molecule has 0 radical (unpaired) electrons. The number of anilines is 1. The van der Waals surface area contributed by atoms with Crippen LogP contribution in [0.2, 0.25) is 5.02 Å². The molecule has 0 saturated heterocycles. The number of nitro benzene ring substituents is 1. The monoisotopic (exact) mass is 299 g/mol. The first-order chi connectivity index (χ1) is 9.40. The summed E-state index contributed by atoms with van der Waals surface area (Å²) in [6.07, 6.45) is 0. The molecule has 20 heavy (non-hydrogen) atoms. The minimum atomic E-state index is -0.547. The molecular formula is C13H18ClN3O3. The van der Waals surface area contributed by atoms with E-state index in [9.17, 15) is 14.9 Å². The number of likely N-dealkylation sites (N-methyl/N-ethyl adjacent to an activating group) is 1. The first kappa shape index (κ1) is 16.2. The fourth-order valence-corrected chi connectivity index (χ4v) is 2.05. The highest BCUT2D eigenvalue weighted by molar-refractivity contribution is 6.30. The van der Waals surface area contributed by atoms with Crippen molar-refractivity contribution in [1.29, 1.82) is 0 Å². The van der Waals surface area contributed by atoms with Crippen LogP contribution in [0.15, 0.2) is 18.2 Å². The zero-order chi connectivity index (χ0) is 15.3. The van der Waals surface area contributed by atoms with Crippen molar-refractivity contribution in [3.63, 3.8) is 0 Å². The molecular weight excluding hydrogens is 282 g/mol. The molecule has 0 spiro atoms. The number of amides is 1. The van der Waals surface area contributed by atoms with Gasteiger partial charge in [0, 0.05) is 24.2 Å². The molecule has 1 rings (SSSR count). The van der Waals surface area contributed by atoms with Crippen LogP contribution in [0.3, 0.4) is 0 Å². The van der Waals surface area contributed by atoms with Gasteiger partial charge in [0.25, 0.3) is 5.69 Å². The molecule has 0 aliphatic heterocycles. The molecule has 1 aromatic rings. The summed E-state index contributed by atoms with van der Waals surface area (Å²) < 4.78 is 0. The van der Waals surface area contributed by atoms with E-state index in [0.29, 0.717) is 13.1 Å². The first-order valence-electron chi connectivity index (χ1n) is 6.39. The highest BCUT2D eigenvalue weighted by atomic mass is 35.5. The molecule has 1 atom stereocenters. The van der Waals surface area contributed by atoms with E-state index in [1.165, 1.54) is 12.1 Å². The maximum atomic E-state index is 12.1. The maximum absolute atomic E-state index is 12.1. The summed E-state index contributed by atoms with van der Waals surface area (Å²) in [5, 5.41) is 14.1. The second-order valence-corrected chi connectivity index (χ2v) is 4.73. The molecule has 0 fully saturated rings. The number of hydrogen-bond acceptors (Lipinski definition) is 4. The molecule has 0 saturated carbocycles. The van der Waals surface area contributed by atoms with Gasteiger partial charge in [0.05, 0.1) is 4.92 Å². The Bertz CT molecular complexity index is 504. The highest BCUT2D eigenvalue weighted by Crippen LogP contribution is 2.28. The Labute approximate surface area is 122 Å². The van der Waals surface area contributed by atoms with Crippen molar-refractivity contribution >= 4 is 28.9 Å². The molecule has 1 N–H and O–H groups in total. The number of nitro groups is 1. The Hall–Kier alpha value is -1.82. The van der Waals surface area contributed by atoms with E-state index in [0.717, 1.165) is 0 Å². The molecule has 110 valence electrons. The van der Waals surface area contributed by atoms with E-state index in [4.69, 9.17) is 11.6 Å². The lowest BCUT2D eigenvalue weighted by atomic mass is 10.2. The Kier molecular flexibility index (Phi) is 5.76. The molecule has 1 aromatic carbocycles. The predicted molar refractivity (Wildman–Crippen MR) is 79.1 cm³/mol. The van der Waals surface area contributed by atoms with Gasteiger partial charge in [0.15, 0.2) is 0 Å². The van der Waals surface area contributed by atoms with Gasteiger partial charge in [-0.3, -0.25) is 14.9 Å². The predicted octanol–water partition coefficient (Wildman–Crippen LogP) is 2.92. The molecule has 1 unspecified atom stereocenters. The SMILES string of the molecule is CCN(CC)C(=O)C(C)Nc1ccc(Cl)cc1[N+](=O)[O-]. The quantitative estimate of drug-likeness (QED) is 0.647. The van der Waals surface area contributed by atoms with Gasteiger partial charge in [-0.2, -0.15) is 0 Å². The lowest BCUT2D eigenvalue weighted by molar-refractivity contribution is -0.384. The number of carbonyl (C=O) groups is 1. The van der Waals surface area contributed by atoms with Crippen LogP contribution in [0.4, 0.5) is 11.4 Å². The third kappa shape index (κ3) is 3.84. The van der Waals surface area contributed by atoms with Gasteiger partial charge in [-0.25, -0.2) is 0 Å². The molecule has 0 bridgehead atoms. The van der Waals surface area contributed by atoms with Gasteiger partial charge in [-0.15, -0.1) is 0 Å². The summed E-state index contributed by atoms with van der Waals surface area (Å²) in [6, 6.07) is 3.77. The lowest BCUT2D eigenvalue weighted by Gasteiger charge is -2.24. The average molecular weight is 300 g/mol. The summed E-state index contributed by atoms with van der Waals surface area (Å²) in [7, 11) is 0. The number of rotatable bonds is 6. The average Bonchev–Trinajstić information content (AvgIpc) is 2.41. The number of hydrogen-bond donors (Lipinski definition) is 1. The molecule has 0 aromatic heterocycles. The van der Waals surface area contributed by atoms with E-state index in [-0.39, 0.29) is 22.3 Å². The van der Waals surface area contributed by atoms with Crippen LogP contribution >= 0.6 is 11.6 Å². The highest BCUT2D eigenvalue weighted by Gasteiger charge is 2.22. The normalized spacial score (nSPS) is 11.8. The van der Waals surface area contributed by atoms with Gasteiger partial charge in [-0.1, -0.05) is 11.6 Å². The molecule has 0 aliphatic rings. The third-order valence-electron chi connectivity index (χ3n) is 2.97. The van der Waals surface area contributed by atoms with Crippen LogP contribution in [0.25, 0.3) is 0 Å². The minimum absolute atomic E-state index is 0.0979. The second-order valence-electron chi connectivity index (χ2n) is 4.30. The zero-order valence-corrected chi connectivity index (χ0v) is 12.5. The fraction of sp³-hybridized carbons (Fsp3) is 0.462. The van der Waals surface area contributed by atoms with Crippen molar-refractivity contribution in [2.24, 2.45) is 0 Å². The van der Waals surface area contributed by atoms with E-state index in [2.05, 4.69) is 5.32 Å². The third-order valence-corrected chi connectivity index (χ3v) is 3.21. The van der Waals surface area contributed by atoms with Gasteiger partial charge in [0.1, 0.15) is 11.7 Å².